The van der Waals surface area contributed by atoms with Crippen LogP contribution < -0.4 is 5.32 Å². The molecule has 1 atom stereocenters. The molecule has 0 aromatic rings. The molecule has 0 spiro atoms. The largest absolute Gasteiger partial charge is 0.381 e. The van der Waals surface area contributed by atoms with Gasteiger partial charge in [-0.3, -0.25) is 0 Å². The van der Waals surface area contributed by atoms with E-state index in [-0.39, 0.29) is 0 Å². The molecular weight excluding hydrogens is 252 g/mol. The van der Waals surface area contributed by atoms with Gasteiger partial charge >= 0.3 is 0 Å². The van der Waals surface area contributed by atoms with E-state index < -0.39 is 10.0 Å². The van der Waals surface area contributed by atoms with Crippen molar-refractivity contribution in [2.24, 2.45) is 5.92 Å². The van der Waals surface area contributed by atoms with Crippen molar-refractivity contribution in [2.45, 2.75) is 26.2 Å². The predicted molar refractivity (Wildman–Crippen MR) is 73.1 cm³/mol. The molecule has 0 aromatic heterocycles. The van der Waals surface area contributed by atoms with E-state index in [1.54, 1.807) is 0 Å². The monoisotopic (exact) mass is 278 g/mol. The van der Waals surface area contributed by atoms with Gasteiger partial charge in [0.05, 0.1) is 12.9 Å². The van der Waals surface area contributed by atoms with Crippen LogP contribution in [0.4, 0.5) is 0 Å². The zero-order valence-corrected chi connectivity index (χ0v) is 12.3. The highest BCUT2D eigenvalue weighted by atomic mass is 32.2. The van der Waals surface area contributed by atoms with Crippen LogP contribution in [0.2, 0.25) is 0 Å². The maximum Gasteiger partial charge on any atom is 0.211 e. The molecule has 0 amide bonds. The summed E-state index contributed by atoms with van der Waals surface area (Å²) < 4.78 is 29.6. The molecule has 18 heavy (non-hydrogen) atoms. The van der Waals surface area contributed by atoms with Gasteiger partial charge in [0.15, 0.2) is 0 Å². The lowest BCUT2D eigenvalue weighted by Crippen LogP contribution is -2.34. The minimum atomic E-state index is -3.04. The van der Waals surface area contributed by atoms with Crippen LogP contribution in [-0.2, 0) is 14.8 Å². The van der Waals surface area contributed by atoms with Crippen LogP contribution in [0.15, 0.2) is 0 Å². The van der Waals surface area contributed by atoms with Gasteiger partial charge in [0.1, 0.15) is 0 Å². The summed E-state index contributed by atoms with van der Waals surface area (Å²) in [6, 6.07) is 0. The summed E-state index contributed by atoms with van der Waals surface area (Å²) in [5.74, 6) is 0.621. The standard InChI is InChI=1S/C12H26N2O3S/c1-3-14(18(2,15)16)8-5-7-13-10-12-6-4-9-17-11-12/h12-13H,3-11H2,1-2H3. The zero-order chi connectivity index (χ0) is 13.4. The summed E-state index contributed by atoms with van der Waals surface area (Å²) in [4.78, 5) is 0. The highest BCUT2D eigenvalue weighted by Crippen LogP contribution is 2.11. The van der Waals surface area contributed by atoms with Gasteiger partial charge in [0, 0.05) is 26.2 Å². The van der Waals surface area contributed by atoms with Crippen molar-refractivity contribution < 1.29 is 13.2 Å². The molecule has 0 radical (unpaired) electrons. The number of hydrogen-bond acceptors (Lipinski definition) is 4. The second-order valence-electron chi connectivity index (χ2n) is 4.90. The molecule has 0 aromatic carbocycles. The lowest BCUT2D eigenvalue weighted by atomic mass is 10.0. The Balaban J connectivity index is 2.07. The van der Waals surface area contributed by atoms with Gasteiger partial charge in [-0.1, -0.05) is 6.92 Å². The number of ether oxygens (including phenoxy) is 1. The molecule has 108 valence electrons. The van der Waals surface area contributed by atoms with Gasteiger partial charge in [-0.05, 0) is 31.7 Å². The van der Waals surface area contributed by atoms with Crippen molar-refractivity contribution in [2.75, 3.05) is 45.6 Å². The molecule has 6 heteroatoms. The Labute approximate surface area is 111 Å². The van der Waals surface area contributed by atoms with E-state index >= 15 is 0 Å². The van der Waals surface area contributed by atoms with Crippen LogP contribution in [0.25, 0.3) is 0 Å². The van der Waals surface area contributed by atoms with E-state index in [4.69, 9.17) is 4.74 Å². The number of sulfonamides is 1. The zero-order valence-electron chi connectivity index (χ0n) is 11.5. The Kier molecular flexibility index (Phi) is 7.14. The van der Waals surface area contributed by atoms with Crippen molar-refractivity contribution in [3.8, 4) is 0 Å². The topological polar surface area (TPSA) is 58.6 Å². The third-order valence-corrected chi connectivity index (χ3v) is 4.65. The van der Waals surface area contributed by atoms with Gasteiger partial charge in [-0.2, -0.15) is 0 Å². The molecule has 0 saturated carbocycles. The second-order valence-corrected chi connectivity index (χ2v) is 6.88. The van der Waals surface area contributed by atoms with Crippen molar-refractivity contribution in [1.29, 1.82) is 0 Å². The fourth-order valence-corrected chi connectivity index (χ4v) is 3.14. The lowest BCUT2D eigenvalue weighted by Gasteiger charge is -2.22. The van der Waals surface area contributed by atoms with Crippen molar-refractivity contribution in [3.05, 3.63) is 0 Å². The lowest BCUT2D eigenvalue weighted by molar-refractivity contribution is 0.0549. The van der Waals surface area contributed by atoms with Crippen molar-refractivity contribution in [1.82, 2.24) is 9.62 Å². The van der Waals surface area contributed by atoms with Crippen molar-refractivity contribution in [3.63, 3.8) is 0 Å². The van der Waals surface area contributed by atoms with E-state index in [1.165, 1.54) is 17.0 Å². The summed E-state index contributed by atoms with van der Waals surface area (Å²) in [6.45, 7) is 6.62. The van der Waals surface area contributed by atoms with Crippen LogP contribution in [0.1, 0.15) is 26.2 Å². The van der Waals surface area contributed by atoms with Crippen LogP contribution >= 0.6 is 0 Å². The third-order valence-electron chi connectivity index (χ3n) is 3.27. The summed E-state index contributed by atoms with van der Waals surface area (Å²) >= 11 is 0. The molecule has 1 rings (SSSR count). The van der Waals surface area contributed by atoms with Gasteiger partial charge < -0.3 is 10.1 Å². The fraction of sp³-hybridized carbons (Fsp3) is 1.00. The molecule has 1 aliphatic rings. The van der Waals surface area contributed by atoms with E-state index in [1.807, 2.05) is 6.92 Å². The van der Waals surface area contributed by atoms with Crippen LogP contribution in [0.3, 0.4) is 0 Å². The normalized spacial score (nSPS) is 21.4. The molecule has 1 fully saturated rings. The Bertz CT molecular complexity index is 313. The Morgan fingerprint density at radius 1 is 1.44 bits per heavy atom. The van der Waals surface area contributed by atoms with E-state index in [0.717, 1.165) is 39.1 Å². The first-order valence-corrected chi connectivity index (χ1v) is 8.62. The average Bonchev–Trinajstić information content (AvgIpc) is 2.33. The van der Waals surface area contributed by atoms with Crippen LogP contribution in [0.5, 0.6) is 0 Å². The first-order chi connectivity index (χ1) is 8.54. The first-order valence-electron chi connectivity index (χ1n) is 6.77. The molecule has 1 N–H and O–H groups in total. The van der Waals surface area contributed by atoms with Crippen molar-refractivity contribution >= 4 is 10.0 Å². The second kappa shape index (κ2) is 8.09. The maximum absolute atomic E-state index is 11.4. The number of nitrogens with zero attached hydrogens (tertiary/aromatic N) is 1. The van der Waals surface area contributed by atoms with Crippen LogP contribution in [0, 0.1) is 5.92 Å². The average molecular weight is 278 g/mol. The smallest absolute Gasteiger partial charge is 0.211 e. The summed E-state index contributed by atoms with van der Waals surface area (Å²) in [6.07, 6.45) is 4.51. The number of nitrogens with one attached hydrogen (secondary N) is 1. The SMILES string of the molecule is CCN(CCCNCC1CCCOC1)S(C)(=O)=O. The van der Waals surface area contributed by atoms with Gasteiger partial charge in [0.25, 0.3) is 0 Å². The molecule has 1 aliphatic heterocycles. The Morgan fingerprint density at radius 2 is 2.22 bits per heavy atom. The van der Waals surface area contributed by atoms with E-state index in [0.29, 0.717) is 19.0 Å². The summed E-state index contributed by atoms with van der Waals surface area (Å²) in [5, 5.41) is 3.38. The quantitative estimate of drug-likeness (QED) is 0.663. The summed E-state index contributed by atoms with van der Waals surface area (Å²) in [7, 11) is -3.04. The third kappa shape index (κ3) is 6.13. The van der Waals surface area contributed by atoms with Gasteiger partial charge in [-0.25, -0.2) is 12.7 Å². The minimum absolute atomic E-state index is 0.551. The Hall–Kier alpha value is -0.170. The predicted octanol–water partition coefficient (Wildman–Crippen LogP) is 0.674. The van der Waals surface area contributed by atoms with Gasteiger partial charge in [0.2, 0.25) is 10.0 Å². The summed E-state index contributed by atoms with van der Waals surface area (Å²) in [5.41, 5.74) is 0. The number of hydrogen-bond donors (Lipinski definition) is 1. The fourth-order valence-electron chi connectivity index (χ4n) is 2.21. The molecule has 5 nitrogen and oxygen atoms in total. The molecular formula is C12H26N2O3S. The maximum atomic E-state index is 11.4. The van der Waals surface area contributed by atoms with Gasteiger partial charge in [-0.15, -0.1) is 0 Å². The Morgan fingerprint density at radius 3 is 2.78 bits per heavy atom. The highest BCUT2D eigenvalue weighted by Gasteiger charge is 2.14. The molecule has 0 bridgehead atoms. The first kappa shape index (κ1) is 15.9. The molecule has 1 saturated heterocycles. The van der Waals surface area contributed by atoms with E-state index in [2.05, 4.69) is 5.32 Å². The number of rotatable bonds is 8. The molecule has 1 unspecified atom stereocenters. The minimum Gasteiger partial charge on any atom is -0.381 e. The van der Waals surface area contributed by atoms with E-state index in [9.17, 15) is 8.42 Å². The molecule has 1 heterocycles. The van der Waals surface area contributed by atoms with Crippen LogP contribution in [-0.4, -0.2) is 58.4 Å². The highest BCUT2D eigenvalue weighted by molar-refractivity contribution is 7.88. The molecule has 0 aliphatic carbocycles.